The number of anilines is 1. The fourth-order valence-corrected chi connectivity index (χ4v) is 2.63. The molecule has 0 saturated carbocycles. The van der Waals surface area contributed by atoms with E-state index in [9.17, 15) is 8.42 Å². The highest BCUT2D eigenvalue weighted by Crippen LogP contribution is 2.26. The van der Waals surface area contributed by atoms with E-state index in [-0.39, 0.29) is 0 Å². The van der Waals surface area contributed by atoms with Crippen LogP contribution < -0.4 is 10.0 Å². The molecule has 0 aromatic heterocycles. The van der Waals surface area contributed by atoms with Gasteiger partial charge in [0.2, 0.25) is 10.0 Å². The van der Waals surface area contributed by atoms with Crippen molar-refractivity contribution in [2.24, 2.45) is 0 Å². The molecule has 1 aliphatic rings. The molecule has 1 heterocycles. The van der Waals surface area contributed by atoms with Crippen molar-refractivity contribution < 1.29 is 8.42 Å². The van der Waals surface area contributed by atoms with E-state index in [1.807, 2.05) is 6.07 Å². The number of hydrogen-bond donors (Lipinski definition) is 2. The van der Waals surface area contributed by atoms with Crippen LogP contribution in [0.1, 0.15) is 17.5 Å². The molecule has 0 saturated heterocycles. The molecular weight excluding hydrogens is 236 g/mol. The summed E-state index contributed by atoms with van der Waals surface area (Å²) in [5.74, 6) is 0. The van der Waals surface area contributed by atoms with Crippen molar-refractivity contribution in [2.45, 2.75) is 19.3 Å². The molecular formula is C12H18N2O2S. The lowest BCUT2D eigenvalue weighted by Crippen LogP contribution is -2.25. The molecule has 5 heteroatoms. The number of benzene rings is 1. The molecule has 4 nitrogen and oxygen atoms in total. The van der Waals surface area contributed by atoms with Gasteiger partial charge in [0.25, 0.3) is 0 Å². The highest BCUT2D eigenvalue weighted by atomic mass is 32.2. The molecule has 2 N–H and O–H groups in total. The zero-order valence-corrected chi connectivity index (χ0v) is 10.8. The summed E-state index contributed by atoms with van der Waals surface area (Å²) in [5, 5.41) is 3.40. The Kier molecular flexibility index (Phi) is 3.69. The first kappa shape index (κ1) is 12.4. The van der Waals surface area contributed by atoms with Gasteiger partial charge in [-0.1, -0.05) is 18.2 Å². The summed E-state index contributed by atoms with van der Waals surface area (Å²) >= 11 is 0. The highest BCUT2D eigenvalue weighted by molar-refractivity contribution is 7.88. The molecule has 0 fully saturated rings. The second kappa shape index (κ2) is 5.06. The van der Waals surface area contributed by atoms with Gasteiger partial charge < -0.3 is 5.32 Å². The van der Waals surface area contributed by atoms with E-state index in [1.165, 1.54) is 23.1 Å². The zero-order chi connectivity index (χ0) is 12.3. The Morgan fingerprint density at radius 1 is 1.41 bits per heavy atom. The third-order valence-electron chi connectivity index (χ3n) is 2.92. The van der Waals surface area contributed by atoms with Gasteiger partial charge in [0, 0.05) is 18.8 Å². The van der Waals surface area contributed by atoms with E-state index in [4.69, 9.17) is 0 Å². The van der Waals surface area contributed by atoms with Gasteiger partial charge in [-0.05, 0) is 30.4 Å². The van der Waals surface area contributed by atoms with Gasteiger partial charge in [0.05, 0.1) is 6.26 Å². The summed E-state index contributed by atoms with van der Waals surface area (Å²) in [6.07, 6.45) is 4.18. The molecule has 1 aromatic carbocycles. The van der Waals surface area contributed by atoms with Crippen LogP contribution in [0.3, 0.4) is 0 Å². The summed E-state index contributed by atoms with van der Waals surface area (Å²) in [4.78, 5) is 0. The Bertz CT molecular complexity index is 497. The first-order valence-electron chi connectivity index (χ1n) is 5.85. The summed E-state index contributed by atoms with van der Waals surface area (Å²) in [6, 6.07) is 6.23. The SMILES string of the molecule is CS(=O)(=O)NCCc1cccc2c1NCCC2. The van der Waals surface area contributed by atoms with Crippen molar-refractivity contribution >= 4 is 15.7 Å². The average molecular weight is 254 g/mol. The summed E-state index contributed by atoms with van der Waals surface area (Å²) in [5.41, 5.74) is 3.74. The van der Waals surface area contributed by atoms with Crippen LogP contribution in [0.4, 0.5) is 5.69 Å². The van der Waals surface area contributed by atoms with E-state index < -0.39 is 10.0 Å². The maximum atomic E-state index is 11.0. The molecule has 0 aliphatic carbocycles. The fraction of sp³-hybridized carbons (Fsp3) is 0.500. The molecule has 0 amide bonds. The standard InChI is InChI=1S/C12H18N2O2S/c1-17(15,16)14-9-7-11-5-2-4-10-6-3-8-13-12(10)11/h2,4-5,13-14H,3,6-9H2,1H3. The Hall–Kier alpha value is -1.07. The van der Waals surface area contributed by atoms with E-state index in [0.29, 0.717) is 6.54 Å². The third kappa shape index (κ3) is 3.44. The van der Waals surface area contributed by atoms with E-state index in [0.717, 1.165) is 25.8 Å². The molecule has 1 aliphatic heterocycles. The number of hydrogen-bond acceptors (Lipinski definition) is 3. The number of fused-ring (bicyclic) bond motifs is 1. The Labute approximate surface area is 102 Å². The van der Waals surface area contributed by atoms with Crippen LogP contribution >= 0.6 is 0 Å². The summed E-state index contributed by atoms with van der Waals surface area (Å²) in [7, 11) is -3.09. The van der Waals surface area contributed by atoms with Crippen LogP contribution in [-0.4, -0.2) is 27.8 Å². The minimum atomic E-state index is -3.09. The number of sulfonamides is 1. The molecule has 0 radical (unpaired) electrons. The number of rotatable bonds is 4. The van der Waals surface area contributed by atoms with Gasteiger partial charge in [-0.3, -0.25) is 0 Å². The van der Waals surface area contributed by atoms with Crippen molar-refractivity contribution in [1.29, 1.82) is 0 Å². The molecule has 2 rings (SSSR count). The minimum absolute atomic E-state index is 0.455. The van der Waals surface area contributed by atoms with Gasteiger partial charge in [-0.2, -0.15) is 0 Å². The monoisotopic (exact) mass is 254 g/mol. The Balaban J connectivity index is 2.06. The van der Waals surface area contributed by atoms with E-state index in [1.54, 1.807) is 0 Å². The zero-order valence-electron chi connectivity index (χ0n) is 9.99. The number of aryl methyl sites for hydroxylation is 1. The van der Waals surface area contributed by atoms with Gasteiger partial charge in [0.15, 0.2) is 0 Å². The lowest BCUT2D eigenvalue weighted by Gasteiger charge is -2.21. The average Bonchev–Trinajstić information content (AvgIpc) is 2.28. The van der Waals surface area contributed by atoms with E-state index in [2.05, 4.69) is 22.2 Å². The Morgan fingerprint density at radius 2 is 2.24 bits per heavy atom. The van der Waals surface area contributed by atoms with Crippen LogP contribution in [0.15, 0.2) is 18.2 Å². The molecule has 0 unspecified atom stereocenters. The minimum Gasteiger partial charge on any atom is -0.385 e. The molecule has 17 heavy (non-hydrogen) atoms. The molecule has 0 bridgehead atoms. The predicted octanol–water partition coefficient (Wildman–Crippen LogP) is 1.14. The van der Waals surface area contributed by atoms with Crippen LogP contribution in [0.25, 0.3) is 0 Å². The van der Waals surface area contributed by atoms with Crippen LogP contribution in [-0.2, 0) is 22.9 Å². The van der Waals surface area contributed by atoms with Crippen molar-refractivity contribution in [3.8, 4) is 0 Å². The van der Waals surface area contributed by atoms with Crippen molar-refractivity contribution in [3.63, 3.8) is 0 Å². The number of nitrogens with one attached hydrogen (secondary N) is 2. The summed E-state index contributed by atoms with van der Waals surface area (Å²) in [6.45, 7) is 1.46. The van der Waals surface area contributed by atoms with Gasteiger partial charge in [-0.15, -0.1) is 0 Å². The predicted molar refractivity (Wildman–Crippen MR) is 69.8 cm³/mol. The second-order valence-corrected chi connectivity index (χ2v) is 6.23. The van der Waals surface area contributed by atoms with Crippen LogP contribution in [0.5, 0.6) is 0 Å². The fourth-order valence-electron chi connectivity index (χ4n) is 2.16. The van der Waals surface area contributed by atoms with Crippen LogP contribution in [0.2, 0.25) is 0 Å². The lowest BCUT2D eigenvalue weighted by atomic mass is 9.98. The molecule has 0 atom stereocenters. The van der Waals surface area contributed by atoms with Gasteiger partial charge in [0.1, 0.15) is 0 Å². The summed E-state index contributed by atoms with van der Waals surface area (Å²) < 4.78 is 24.5. The largest absolute Gasteiger partial charge is 0.385 e. The van der Waals surface area contributed by atoms with Crippen molar-refractivity contribution in [2.75, 3.05) is 24.7 Å². The second-order valence-electron chi connectivity index (χ2n) is 4.40. The lowest BCUT2D eigenvalue weighted by molar-refractivity contribution is 0.588. The van der Waals surface area contributed by atoms with E-state index >= 15 is 0 Å². The Morgan fingerprint density at radius 3 is 3.00 bits per heavy atom. The smallest absolute Gasteiger partial charge is 0.208 e. The van der Waals surface area contributed by atoms with Gasteiger partial charge >= 0.3 is 0 Å². The maximum Gasteiger partial charge on any atom is 0.208 e. The normalized spacial score (nSPS) is 15.1. The topological polar surface area (TPSA) is 58.2 Å². The molecule has 94 valence electrons. The highest BCUT2D eigenvalue weighted by Gasteiger charge is 2.12. The maximum absolute atomic E-state index is 11.0. The quantitative estimate of drug-likeness (QED) is 0.847. The van der Waals surface area contributed by atoms with Crippen molar-refractivity contribution in [3.05, 3.63) is 29.3 Å². The van der Waals surface area contributed by atoms with Gasteiger partial charge in [-0.25, -0.2) is 13.1 Å². The number of para-hydroxylation sites is 1. The molecule has 0 spiro atoms. The first-order chi connectivity index (χ1) is 8.06. The van der Waals surface area contributed by atoms with Crippen LogP contribution in [0, 0.1) is 0 Å². The third-order valence-corrected chi connectivity index (χ3v) is 3.65. The van der Waals surface area contributed by atoms with Crippen molar-refractivity contribution in [1.82, 2.24) is 4.72 Å². The first-order valence-corrected chi connectivity index (χ1v) is 7.75. The molecule has 1 aromatic rings.